The van der Waals surface area contributed by atoms with Gasteiger partial charge in [-0.25, -0.2) is 4.98 Å². The second-order valence-corrected chi connectivity index (χ2v) is 7.10. The quantitative estimate of drug-likeness (QED) is 0.431. The van der Waals surface area contributed by atoms with Crippen molar-refractivity contribution in [1.82, 2.24) is 14.5 Å². The minimum atomic E-state index is 0.702. The summed E-state index contributed by atoms with van der Waals surface area (Å²) in [6, 6.07) is 17.5. The van der Waals surface area contributed by atoms with Gasteiger partial charge in [0.1, 0.15) is 11.5 Å². The molecule has 2 aromatic carbocycles. The third kappa shape index (κ3) is 3.89. The van der Waals surface area contributed by atoms with E-state index in [-0.39, 0.29) is 0 Å². The van der Waals surface area contributed by atoms with Gasteiger partial charge in [0.2, 0.25) is 5.95 Å². The number of ether oxygens (including phenoxy) is 1. The van der Waals surface area contributed by atoms with E-state index in [1.807, 2.05) is 66.2 Å². The second kappa shape index (κ2) is 7.82. The van der Waals surface area contributed by atoms with Crippen molar-refractivity contribution in [2.75, 3.05) is 12.4 Å². The Bertz CT molecular complexity index is 1150. The molecule has 0 spiro atoms. The van der Waals surface area contributed by atoms with Crippen molar-refractivity contribution in [3.8, 4) is 11.5 Å². The Labute approximate surface area is 171 Å². The van der Waals surface area contributed by atoms with E-state index in [4.69, 9.17) is 9.72 Å². The van der Waals surface area contributed by atoms with Crippen LogP contribution in [0.15, 0.2) is 70.3 Å². The van der Waals surface area contributed by atoms with Crippen LogP contribution in [-0.2, 0) is 7.05 Å². The van der Waals surface area contributed by atoms with Crippen molar-refractivity contribution >= 4 is 44.8 Å². The number of nitrogens with one attached hydrogen (secondary N) is 1. The number of pyridine rings is 1. The first-order chi connectivity index (χ1) is 13.6. The van der Waals surface area contributed by atoms with E-state index < -0.39 is 0 Å². The zero-order valence-corrected chi connectivity index (χ0v) is 17.0. The number of aliphatic imine (C=N–C) groups is 1. The van der Waals surface area contributed by atoms with Gasteiger partial charge in [0.15, 0.2) is 0 Å². The van der Waals surface area contributed by atoms with Crippen LogP contribution >= 0.6 is 15.9 Å². The summed E-state index contributed by atoms with van der Waals surface area (Å²) in [5.74, 6) is 2.18. The van der Waals surface area contributed by atoms with Gasteiger partial charge in [-0.2, -0.15) is 0 Å². The summed E-state index contributed by atoms with van der Waals surface area (Å²) in [6.45, 7) is 0. The minimum Gasteiger partial charge on any atom is -0.457 e. The van der Waals surface area contributed by atoms with Crippen molar-refractivity contribution in [2.24, 2.45) is 12.0 Å². The highest BCUT2D eigenvalue weighted by atomic mass is 79.9. The van der Waals surface area contributed by atoms with Gasteiger partial charge < -0.3 is 14.6 Å². The Morgan fingerprint density at radius 2 is 1.86 bits per heavy atom. The first kappa shape index (κ1) is 18.2. The van der Waals surface area contributed by atoms with E-state index in [2.05, 4.69) is 31.2 Å². The molecule has 0 aliphatic heterocycles. The molecule has 0 bridgehead atoms. The van der Waals surface area contributed by atoms with Crippen LogP contribution in [0.4, 0.5) is 11.6 Å². The SMILES string of the molecule is C/N=C\c1cc(Oc2ccc3c(c2)nc(Nc2ccc(Br)cc2)n3C)ccn1. The Hall–Kier alpha value is -3.19. The minimum absolute atomic E-state index is 0.702. The average Bonchev–Trinajstić information content (AvgIpc) is 2.99. The van der Waals surface area contributed by atoms with Crippen molar-refractivity contribution in [3.63, 3.8) is 0 Å². The number of aromatic nitrogens is 3. The number of anilines is 2. The summed E-state index contributed by atoms with van der Waals surface area (Å²) in [6.07, 6.45) is 3.39. The lowest BCUT2D eigenvalue weighted by molar-refractivity contribution is 0.482. The molecule has 0 atom stereocenters. The molecular formula is C21H18BrN5O. The molecule has 0 aliphatic rings. The number of imidazole rings is 1. The number of halogens is 1. The summed E-state index contributed by atoms with van der Waals surface area (Å²) >= 11 is 3.45. The van der Waals surface area contributed by atoms with E-state index in [1.54, 1.807) is 19.5 Å². The number of fused-ring (bicyclic) bond motifs is 1. The predicted molar refractivity (Wildman–Crippen MR) is 116 cm³/mol. The zero-order valence-electron chi connectivity index (χ0n) is 15.4. The van der Waals surface area contributed by atoms with Crippen molar-refractivity contribution in [2.45, 2.75) is 0 Å². The second-order valence-electron chi connectivity index (χ2n) is 6.18. The molecule has 0 saturated heterocycles. The highest BCUT2D eigenvalue weighted by Crippen LogP contribution is 2.28. The maximum absolute atomic E-state index is 5.98. The number of hydrogen-bond donors (Lipinski definition) is 1. The lowest BCUT2D eigenvalue weighted by atomic mass is 10.3. The van der Waals surface area contributed by atoms with Gasteiger partial charge in [0.05, 0.1) is 16.7 Å². The van der Waals surface area contributed by atoms with Crippen LogP contribution in [0.3, 0.4) is 0 Å². The van der Waals surface area contributed by atoms with E-state index in [9.17, 15) is 0 Å². The zero-order chi connectivity index (χ0) is 19.5. The fourth-order valence-corrected chi connectivity index (χ4v) is 3.11. The molecule has 6 nitrogen and oxygen atoms in total. The molecule has 0 amide bonds. The van der Waals surface area contributed by atoms with Gasteiger partial charge in [-0.3, -0.25) is 9.98 Å². The van der Waals surface area contributed by atoms with Crippen LogP contribution in [0.25, 0.3) is 11.0 Å². The fourth-order valence-electron chi connectivity index (χ4n) is 2.85. The van der Waals surface area contributed by atoms with Crippen LogP contribution < -0.4 is 10.1 Å². The number of rotatable bonds is 5. The molecule has 2 heterocycles. The first-order valence-electron chi connectivity index (χ1n) is 8.67. The Morgan fingerprint density at radius 3 is 2.64 bits per heavy atom. The summed E-state index contributed by atoms with van der Waals surface area (Å²) in [7, 11) is 3.69. The Kier molecular flexibility index (Phi) is 5.08. The summed E-state index contributed by atoms with van der Waals surface area (Å²) < 4.78 is 9.03. The van der Waals surface area contributed by atoms with Gasteiger partial charge >= 0.3 is 0 Å². The highest BCUT2D eigenvalue weighted by Gasteiger charge is 2.10. The molecule has 4 aromatic rings. The number of nitrogens with zero attached hydrogens (tertiary/aromatic N) is 4. The fraction of sp³-hybridized carbons (Fsp3) is 0.0952. The number of aryl methyl sites for hydroxylation is 1. The van der Waals surface area contributed by atoms with Crippen LogP contribution in [0.5, 0.6) is 11.5 Å². The van der Waals surface area contributed by atoms with Gasteiger partial charge in [0.25, 0.3) is 0 Å². The van der Waals surface area contributed by atoms with Crippen molar-refractivity contribution in [1.29, 1.82) is 0 Å². The molecular weight excluding hydrogens is 418 g/mol. The third-order valence-corrected chi connectivity index (χ3v) is 4.73. The topological polar surface area (TPSA) is 64.3 Å². The normalized spacial score (nSPS) is 11.2. The molecule has 28 heavy (non-hydrogen) atoms. The van der Waals surface area contributed by atoms with Crippen LogP contribution in [-0.4, -0.2) is 27.8 Å². The maximum Gasteiger partial charge on any atom is 0.208 e. The summed E-state index contributed by atoms with van der Waals surface area (Å²) in [5.41, 5.74) is 3.59. The lowest BCUT2D eigenvalue weighted by Gasteiger charge is -2.07. The van der Waals surface area contributed by atoms with Crippen LogP contribution in [0, 0.1) is 0 Å². The van der Waals surface area contributed by atoms with Crippen molar-refractivity contribution in [3.05, 3.63) is 71.0 Å². The molecule has 0 aliphatic carbocycles. The van der Waals surface area contributed by atoms with Gasteiger partial charge in [-0.05, 0) is 42.5 Å². The highest BCUT2D eigenvalue weighted by molar-refractivity contribution is 9.10. The lowest BCUT2D eigenvalue weighted by Crippen LogP contribution is -1.98. The van der Waals surface area contributed by atoms with Gasteiger partial charge in [0, 0.05) is 48.8 Å². The molecule has 4 rings (SSSR count). The monoisotopic (exact) mass is 435 g/mol. The summed E-state index contributed by atoms with van der Waals surface area (Å²) in [5, 5.41) is 3.35. The average molecular weight is 436 g/mol. The summed E-state index contributed by atoms with van der Waals surface area (Å²) in [4.78, 5) is 12.9. The van der Waals surface area contributed by atoms with E-state index in [0.29, 0.717) is 11.5 Å². The molecule has 0 saturated carbocycles. The predicted octanol–water partition coefficient (Wildman–Crippen LogP) is 5.32. The number of hydrogen-bond acceptors (Lipinski definition) is 5. The van der Waals surface area contributed by atoms with Gasteiger partial charge in [-0.1, -0.05) is 15.9 Å². The van der Waals surface area contributed by atoms with Crippen LogP contribution in [0.2, 0.25) is 0 Å². The molecule has 0 radical (unpaired) electrons. The number of benzene rings is 2. The van der Waals surface area contributed by atoms with Crippen molar-refractivity contribution < 1.29 is 4.74 Å². The first-order valence-corrected chi connectivity index (χ1v) is 9.47. The van der Waals surface area contributed by atoms with E-state index in [0.717, 1.165) is 32.8 Å². The Balaban J connectivity index is 1.60. The molecule has 7 heteroatoms. The molecule has 2 aromatic heterocycles. The third-order valence-electron chi connectivity index (χ3n) is 4.20. The largest absolute Gasteiger partial charge is 0.457 e. The smallest absolute Gasteiger partial charge is 0.208 e. The molecule has 0 unspecified atom stereocenters. The molecule has 1 N–H and O–H groups in total. The van der Waals surface area contributed by atoms with Gasteiger partial charge in [-0.15, -0.1) is 0 Å². The van der Waals surface area contributed by atoms with Crippen LogP contribution in [0.1, 0.15) is 5.69 Å². The van der Waals surface area contributed by atoms with E-state index in [1.165, 1.54) is 0 Å². The molecule has 0 fully saturated rings. The maximum atomic E-state index is 5.98. The molecule has 140 valence electrons. The standard InChI is InChI=1S/C21H18BrN5O/c1-23-13-16-11-18(9-10-24-16)28-17-7-8-20-19(12-17)26-21(27(20)2)25-15-5-3-14(22)4-6-15/h3-13H,1-2H3,(H,25,26)/b23-13-. The Morgan fingerprint density at radius 1 is 1.07 bits per heavy atom. The van der Waals surface area contributed by atoms with E-state index >= 15 is 0 Å².